The van der Waals surface area contributed by atoms with E-state index < -0.39 is 11.7 Å². The molecule has 0 atom stereocenters. The molecule has 2 heterocycles. The quantitative estimate of drug-likeness (QED) is 0.883. The molecular weight excluding hydrogens is 243 g/mol. The lowest BCUT2D eigenvalue weighted by Gasteiger charge is -2.33. The Balaban J connectivity index is 2.19. The summed E-state index contributed by atoms with van der Waals surface area (Å²) < 4.78 is 38.6. The van der Waals surface area contributed by atoms with Gasteiger partial charge in [-0.05, 0) is 32.0 Å². The summed E-state index contributed by atoms with van der Waals surface area (Å²) in [4.78, 5) is 5.62. The van der Waals surface area contributed by atoms with Crippen molar-refractivity contribution < 1.29 is 13.2 Å². The number of hydrogen-bond donors (Lipinski definition) is 1. The van der Waals surface area contributed by atoms with Crippen molar-refractivity contribution in [3.8, 4) is 0 Å². The van der Waals surface area contributed by atoms with Gasteiger partial charge >= 0.3 is 6.18 Å². The minimum atomic E-state index is -4.34. The van der Waals surface area contributed by atoms with Crippen molar-refractivity contribution in [3.05, 3.63) is 23.9 Å². The van der Waals surface area contributed by atoms with Crippen LogP contribution in [-0.2, 0) is 6.18 Å². The van der Waals surface area contributed by atoms with E-state index in [-0.39, 0.29) is 5.82 Å². The predicted octanol–water partition coefficient (Wildman–Crippen LogP) is 2.29. The SMILES string of the molecule is CNC1CCN(c2ncccc2C(F)(F)F)CC1. The molecule has 0 saturated carbocycles. The van der Waals surface area contributed by atoms with Gasteiger partial charge in [0.15, 0.2) is 0 Å². The van der Waals surface area contributed by atoms with Crippen molar-refractivity contribution in [2.24, 2.45) is 0 Å². The number of alkyl halides is 3. The molecule has 1 aromatic rings. The highest BCUT2D eigenvalue weighted by atomic mass is 19.4. The van der Waals surface area contributed by atoms with Crippen molar-refractivity contribution >= 4 is 5.82 Å². The van der Waals surface area contributed by atoms with E-state index in [1.165, 1.54) is 12.3 Å². The molecule has 1 saturated heterocycles. The Labute approximate surface area is 104 Å². The second-order valence-corrected chi connectivity index (χ2v) is 4.42. The Hall–Kier alpha value is -1.30. The Morgan fingerprint density at radius 1 is 1.33 bits per heavy atom. The standard InChI is InChI=1S/C12H16F3N3/c1-16-9-4-7-18(8-5-9)11-10(12(13,14)15)3-2-6-17-11/h2-3,6,9,16H,4-5,7-8H2,1H3. The van der Waals surface area contributed by atoms with Gasteiger partial charge in [-0.1, -0.05) is 0 Å². The highest BCUT2D eigenvalue weighted by Gasteiger charge is 2.36. The van der Waals surface area contributed by atoms with Crippen LogP contribution >= 0.6 is 0 Å². The van der Waals surface area contributed by atoms with Gasteiger partial charge in [-0.25, -0.2) is 4.98 Å². The fraction of sp³-hybridized carbons (Fsp3) is 0.583. The van der Waals surface area contributed by atoms with Crippen LogP contribution in [0.1, 0.15) is 18.4 Å². The first-order chi connectivity index (χ1) is 8.52. The van der Waals surface area contributed by atoms with Crippen molar-refractivity contribution in [2.45, 2.75) is 25.1 Å². The Morgan fingerprint density at radius 3 is 2.56 bits per heavy atom. The molecule has 0 amide bonds. The van der Waals surface area contributed by atoms with Crippen LogP contribution in [0.15, 0.2) is 18.3 Å². The number of aromatic nitrogens is 1. The molecule has 18 heavy (non-hydrogen) atoms. The number of hydrogen-bond acceptors (Lipinski definition) is 3. The molecule has 3 nitrogen and oxygen atoms in total. The van der Waals surface area contributed by atoms with Gasteiger partial charge in [0.05, 0.1) is 5.56 Å². The average Bonchev–Trinajstić information content (AvgIpc) is 2.38. The monoisotopic (exact) mass is 259 g/mol. The topological polar surface area (TPSA) is 28.2 Å². The minimum Gasteiger partial charge on any atom is -0.356 e. The third-order valence-corrected chi connectivity index (χ3v) is 3.29. The molecule has 2 rings (SSSR count). The number of pyridine rings is 1. The molecule has 1 N–H and O–H groups in total. The summed E-state index contributed by atoms with van der Waals surface area (Å²) >= 11 is 0. The molecule has 1 aliphatic heterocycles. The third kappa shape index (κ3) is 2.75. The van der Waals surface area contributed by atoms with E-state index >= 15 is 0 Å². The van der Waals surface area contributed by atoms with Crippen LogP contribution in [0.3, 0.4) is 0 Å². The fourth-order valence-electron chi connectivity index (χ4n) is 2.25. The van der Waals surface area contributed by atoms with E-state index in [1.807, 2.05) is 7.05 Å². The molecule has 100 valence electrons. The lowest BCUT2D eigenvalue weighted by atomic mass is 10.0. The summed E-state index contributed by atoms with van der Waals surface area (Å²) in [7, 11) is 1.88. The molecule has 6 heteroatoms. The van der Waals surface area contributed by atoms with Crippen LogP contribution in [0.25, 0.3) is 0 Å². The second kappa shape index (κ2) is 5.14. The molecule has 0 radical (unpaired) electrons. The van der Waals surface area contributed by atoms with Crippen molar-refractivity contribution in [1.82, 2.24) is 10.3 Å². The minimum absolute atomic E-state index is 0.0551. The van der Waals surface area contributed by atoms with E-state index in [0.717, 1.165) is 18.9 Å². The zero-order chi connectivity index (χ0) is 13.2. The molecule has 0 bridgehead atoms. The summed E-state index contributed by atoms with van der Waals surface area (Å²) in [5, 5.41) is 3.15. The van der Waals surface area contributed by atoms with Crippen LogP contribution < -0.4 is 10.2 Å². The summed E-state index contributed by atoms with van der Waals surface area (Å²) in [6, 6.07) is 2.80. The first kappa shape index (κ1) is 13.1. The van der Waals surface area contributed by atoms with Gasteiger partial charge in [-0.2, -0.15) is 13.2 Å². The number of piperidine rings is 1. The Kier molecular flexibility index (Phi) is 3.75. The summed E-state index contributed by atoms with van der Waals surface area (Å²) in [5.41, 5.74) is -0.645. The first-order valence-corrected chi connectivity index (χ1v) is 5.97. The van der Waals surface area contributed by atoms with E-state index in [2.05, 4.69) is 10.3 Å². The highest BCUT2D eigenvalue weighted by molar-refractivity contribution is 5.48. The number of nitrogens with zero attached hydrogens (tertiary/aromatic N) is 2. The van der Waals surface area contributed by atoms with Crippen LogP contribution in [0.2, 0.25) is 0 Å². The Morgan fingerprint density at radius 2 is 2.00 bits per heavy atom. The van der Waals surface area contributed by atoms with Crippen LogP contribution in [-0.4, -0.2) is 31.2 Å². The van der Waals surface area contributed by atoms with Crippen molar-refractivity contribution in [2.75, 3.05) is 25.0 Å². The van der Waals surface area contributed by atoms with Gasteiger partial charge in [0.25, 0.3) is 0 Å². The molecular formula is C12H16F3N3. The molecule has 0 spiro atoms. The van der Waals surface area contributed by atoms with Crippen LogP contribution in [0.5, 0.6) is 0 Å². The van der Waals surface area contributed by atoms with E-state index in [4.69, 9.17) is 0 Å². The van der Waals surface area contributed by atoms with E-state index in [0.29, 0.717) is 19.1 Å². The lowest BCUT2D eigenvalue weighted by Crippen LogP contribution is -2.42. The van der Waals surface area contributed by atoms with E-state index in [9.17, 15) is 13.2 Å². The maximum absolute atomic E-state index is 12.9. The lowest BCUT2D eigenvalue weighted by molar-refractivity contribution is -0.137. The molecule has 0 aliphatic carbocycles. The zero-order valence-corrected chi connectivity index (χ0v) is 10.2. The molecule has 1 aromatic heterocycles. The van der Waals surface area contributed by atoms with Crippen molar-refractivity contribution in [1.29, 1.82) is 0 Å². The summed E-state index contributed by atoms with van der Waals surface area (Å²) in [6.07, 6.45) is -1.26. The van der Waals surface area contributed by atoms with Gasteiger partial charge in [0.2, 0.25) is 0 Å². The van der Waals surface area contributed by atoms with Gasteiger partial charge in [0, 0.05) is 25.3 Å². The van der Waals surface area contributed by atoms with Crippen molar-refractivity contribution in [3.63, 3.8) is 0 Å². The third-order valence-electron chi connectivity index (χ3n) is 3.29. The predicted molar refractivity (Wildman–Crippen MR) is 63.5 cm³/mol. The Bertz CT molecular complexity index is 398. The van der Waals surface area contributed by atoms with Crippen LogP contribution in [0.4, 0.5) is 19.0 Å². The van der Waals surface area contributed by atoms with Crippen LogP contribution in [0, 0.1) is 0 Å². The van der Waals surface area contributed by atoms with Gasteiger partial charge in [-0.15, -0.1) is 0 Å². The second-order valence-electron chi connectivity index (χ2n) is 4.42. The average molecular weight is 259 g/mol. The number of rotatable bonds is 2. The molecule has 0 unspecified atom stereocenters. The maximum Gasteiger partial charge on any atom is 0.419 e. The molecule has 0 aromatic carbocycles. The highest BCUT2D eigenvalue weighted by Crippen LogP contribution is 2.35. The summed E-state index contributed by atoms with van der Waals surface area (Å²) in [6.45, 7) is 1.21. The smallest absolute Gasteiger partial charge is 0.356 e. The molecule has 1 aliphatic rings. The van der Waals surface area contributed by atoms with Gasteiger partial charge in [0.1, 0.15) is 5.82 Å². The largest absolute Gasteiger partial charge is 0.419 e. The molecule has 1 fully saturated rings. The normalized spacial score (nSPS) is 18.1. The number of anilines is 1. The van der Waals surface area contributed by atoms with E-state index in [1.54, 1.807) is 4.90 Å². The fourth-order valence-corrected chi connectivity index (χ4v) is 2.25. The van der Waals surface area contributed by atoms with Gasteiger partial charge in [-0.3, -0.25) is 0 Å². The zero-order valence-electron chi connectivity index (χ0n) is 10.2. The first-order valence-electron chi connectivity index (χ1n) is 5.97. The van der Waals surface area contributed by atoms with Gasteiger partial charge < -0.3 is 10.2 Å². The summed E-state index contributed by atoms with van der Waals surface area (Å²) in [5.74, 6) is 0.0551. The number of halogens is 3. The number of nitrogens with one attached hydrogen (secondary N) is 1. The maximum atomic E-state index is 12.9.